The van der Waals surface area contributed by atoms with E-state index in [1.165, 1.54) is 32.1 Å². The number of carbonyl (C=O) groups excluding carboxylic acids is 1. The topological polar surface area (TPSA) is 32.3 Å². The van der Waals surface area contributed by atoms with Gasteiger partial charge in [-0.15, -0.1) is 12.4 Å². The molecule has 2 heterocycles. The quantitative estimate of drug-likeness (QED) is 0.839. The number of nitrogens with zero attached hydrogens (tertiary/aromatic N) is 1. The van der Waals surface area contributed by atoms with Crippen molar-refractivity contribution < 1.29 is 4.79 Å². The zero-order valence-corrected chi connectivity index (χ0v) is 15.3. The number of nitrogens with one attached hydrogen (secondary N) is 1. The second-order valence-corrected chi connectivity index (χ2v) is 8.75. The van der Waals surface area contributed by atoms with Gasteiger partial charge in [-0.25, -0.2) is 0 Å². The molecule has 3 rings (SSSR count). The van der Waals surface area contributed by atoms with E-state index in [9.17, 15) is 4.79 Å². The number of halogens is 1. The van der Waals surface area contributed by atoms with E-state index in [0.29, 0.717) is 29.3 Å². The van der Waals surface area contributed by atoms with Crippen LogP contribution in [0.5, 0.6) is 0 Å². The highest BCUT2D eigenvalue weighted by Crippen LogP contribution is 2.43. The Kier molecular flexibility index (Phi) is 5.82. The lowest BCUT2D eigenvalue weighted by atomic mass is 9.67. The SMILES string of the molecule is CC1CC(CC(=O)N2CCC3CCC(C2)N3)CC(C)(C)C1.Cl. The smallest absolute Gasteiger partial charge is 0.222 e. The van der Waals surface area contributed by atoms with Crippen molar-refractivity contribution in [3.63, 3.8) is 0 Å². The van der Waals surface area contributed by atoms with Crippen LogP contribution in [0.4, 0.5) is 0 Å². The van der Waals surface area contributed by atoms with Crippen molar-refractivity contribution in [1.29, 1.82) is 0 Å². The zero-order valence-electron chi connectivity index (χ0n) is 14.4. The Morgan fingerprint density at radius 2 is 1.91 bits per heavy atom. The largest absolute Gasteiger partial charge is 0.341 e. The number of carbonyl (C=O) groups is 1. The van der Waals surface area contributed by atoms with Crippen molar-refractivity contribution in [1.82, 2.24) is 10.2 Å². The van der Waals surface area contributed by atoms with Crippen molar-refractivity contribution in [2.75, 3.05) is 13.1 Å². The Bertz CT molecular complexity index is 399. The summed E-state index contributed by atoms with van der Waals surface area (Å²) in [6.45, 7) is 9.01. The average molecular weight is 329 g/mol. The maximum Gasteiger partial charge on any atom is 0.222 e. The van der Waals surface area contributed by atoms with Gasteiger partial charge in [-0.05, 0) is 55.8 Å². The van der Waals surface area contributed by atoms with Gasteiger partial charge in [0.1, 0.15) is 0 Å². The summed E-state index contributed by atoms with van der Waals surface area (Å²) in [6, 6.07) is 1.23. The molecule has 1 amide bonds. The van der Waals surface area contributed by atoms with Gasteiger partial charge < -0.3 is 10.2 Å². The molecule has 0 spiro atoms. The minimum atomic E-state index is 0. The first-order chi connectivity index (χ1) is 9.91. The molecule has 3 nitrogen and oxygen atoms in total. The molecule has 4 atom stereocenters. The van der Waals surface area contributed by atoms with Gasteiger partial charge in [-0.2, -0.15) is 0 Å². The first-order valence-electron chi connectivity index (χ1n) is 8.95. The first-order valence-corrected chi connectivity index (χ1v) is 8.95. The molecule has 4 unspecified atom stereocenters. The molecule has 3 aliphatic rings. The van der Waals surface area contributed by atoms with Gasteiger partial charge in [-0.3, -0.25) is 4.79 Å². The maximum absolute atomic E-state index is 12.7. The first kappa shape index (κ1) is 18.1. The Morgan fingerprint density at radius 1 is 1.18 bits per heavy atom. The predicted octanol–water partition coefficient (Wildman–Crippen LogP) is 3.61. The number of fused-ring (bicyclic) bond motifs is 2. The van der Waals surface area contributed by atoms with Crippen LogP contribution < -0.4 is 5.32 Å². The lowest BCUT2D eigenvalue weighted by molar-refractivity contribution is -0.133. The van der Waals surface area contributed by atoms with Crippen LogP contribution in [0.2, 0.25) is 0 Å². The van der Waals surface area contributed by atoms with E-state index in [2.05, 4.69) is 31.0 Å². The average Bonchev–Trinajstić information content (AvgIpc) is 2.65. The molecule has 2 bridgehead atoms. The van der Waals surface area contributed by atoms with Crippen LogP contribution in [0.1, 0.15) is 65.7 Å². The van der Waals surface area contributed by atoms with Crippen LogP contribution in [-0.2, 0) is 4.79 Å². The summed E-state index contributed by atoms with van der Waals surface area (Å²) in [5.41, 5.74) is 0.419. The monoisotopic (exact) mass is 328 g/mol. The van der Waals surface area contributed by atoms with Gasteiger partial charge in [0.15, 0.2) is 0 Å². The summed E-state index contributed by atoms with van der Waals surface area (Å²) in [5, 5.41) is 3.67. The number of likely N-dealkylation sites (tertiary alicyclic amines) is 1. The molecule has 2 saturated heterocycles. The van der Waals surface area contributed by atoms with Crippen LogP contribution in [0.25, 0.3) is 0 Å². The molecule has 3 fully saturated rings. The van der Waals surface area contributed by atoms with Crippen LogP contribution in [0.3, 0.4) is 0 Å². The summed E-state index contributed by atoms with van der Waals surface area (Å²) >= 11 is 0. The number of rotatable bonds is 2. The Hall–Kier alpha value is -0.280. The van der Waals surface area contributed by atoms with Crippen LogP contribution in [0.15, 0.2) is 0 Å². The maximum atomic E-state index is 12.7. The minimum absolute atomic E-state index is 0. The number of hydrogen-bond acceptors (Lipinski definition) is 2. The van der Waals surface area contributed by atoms with Gasteiger partial charge >= 0.3 is 0 Å². The van der Waals surface area contributed by atoms with Crippen LogP contribution in [-0.4, -0.2) is 36.0 Å². The molecule has 0 aromatic heterocycles. The fourth-order valence-electron chi connectivity index (χ4n) is 5.24. The third-order valence-electron chi connectivity index (χ3n) is 5.82. The van der Waals surface area contributed by atoms with Crippen LogP contribution >= 0.6 is 12.4 Å². The van der Waals surface area contributed by atoms with Gasteiger partial charge in [0.2, 0.25) is 5.91 Å². The normalized spacial score (nSPS) is 37.3. The zero-order chi connectivity index (χ0) is 15.0. The van der Waals surface area contributed by atoms with Crippen LogP contribution in [0, 0.1) is 17.3 Å². The minimum Gasteiger partial charge on any atom is -0.341 e. The lowest BCUT2D eigenvalue weighted by Gasteiger charge is -2.39. The van der Waals surface area contributed by atoms with Gasteiger partial charge in [0.05, 0.1) is 0 Å². The molecule has 1 aliphatic carbocycles. The Morgan fingerprint density at radius 3 is 2.64 bits per heavy atom. The van der Waals surface area contributed by atoms with E-state index in [1.54, 1.807) is 0 Å². The summed E-state index contributed by atoms with van der Waals surface area (Å²) in [7, 11) is 0. The highest BCUT2D eigenvalue weighted by Gasteiger charge is 2.35. The lowest BCUT2D eigenvalue weighted by Crippen LogP contribution is -2.40. The summed E-state index contributed by atoms with van der Waals surface area (Å²) in [5.74, 6) is 1.79. The van der Waals surface area contributed by atoms with Crippen molar-refractivity contribution in [2.45, 2.75) is 77.8 Å². The van der Waals surface area contributed by atoms with Gasteiger partial charge in [-0.1, -0.05) is 20.8 Å². The van der Waals surface area contributed by atoms with Crippen molar-refractivity contribution in [3.8, 4) is 0 Å². The Labute approximate surface area is 142 Å². The fourth-order valence-corrected chi connectivity index (χ4v) is 5.24. The molecule has 4 heteroatoms. The highest BCUT2D eigenvalue weighted by molar-refractivity contribution is 5.85. The van der Waals surface area contributed by atoms with Crippen molar-refractivity contribution >= 4 is 18.3 Å². The van der Waals surface area contributed by atoms with E-state index in [4.69, 9.17) is 0 Å². The number of amides is 1. The molecule has 22 heavy (non-hydrogen) atoms. The second kappa shape index (κ2) is 7.09. The van der Waals surface area contributed by atoms with E-state index in [1.807, 2.05) is 0 Å². The molecule has 0 radical (unpaired) electrons. The third kappa shape index (κ3) is 4.38. The molecular formula is C18H33ClN2O. The summed E-state index contributed by atoms with van der Waals surface area (Å²) in [4.78, 5) is 14.9. The van der Waals surface area contributed by atoms with Gasteiger partial charge in [0.25, 0.3) is 0 Å². The van der Waals surface area contributed by atoms with E-state index >= 15 is 0 Å². The van der Waals surface area contributed by atoms with E-state index < -0.39 is 0 Å². The van der Waals surface area contributed by atoms with Crippen molar-refractivity contribution in [3.05, 3.63) is 0 Å². The molecule has 2 aliphatic heterocycles. The highest BCUT2D eigenvalue weighted by atomic mass is 35.5. The third-order valence-corrected chi connectivity index (χ3v) is 5.82. The second-order valence-electron chi connectivity index (χ2n) is 8.75. The van der Waals surface area contributed by atoms with E-state index in [-0.39, 0.29) is 12.4 Å². The van der Waals surface area contributed by atoms with Gasteiger partial charge in [0, 0.05) is 31.6 Å². The number of hydrogen-bond donors (Lipinski definition) is 1. The molecule has 0 aromatic carbocycles. The predicted molar refractivity (Wildman–Crippen MR) is 93.3 cm³/mol. The standard InChI is InChI=1S/C18H32N2O.ClH/c1-13-8-14(11-18(2,3)10-13)9-17(21)20-7-6-15-4-5-16(12-20)19-15;/h13-16,19H,4-12H2,1-3H3;1H. The summed E-state index contributed by atoms with van der Waals surface area (Å²) < 4.78 is 0. The van der Waals surface area contributed by atoms with Crippen molar-refractivity contribution in [2.24, 2.45) is 17.3 Å². The summed E-state index contributed by atoms with van der Waals surface area (Å²) in [6.07, 6.45) is 8.27. The molecule has 1 saturated carbocycles. The fraction of sp³-hybridized carbons (Fsp3) is 0.944. The molecular weight excluding hydrogens is 296 g/mol. The molecule has 128 valence electrons. The molecule has 1 N–H and O–H groups in total. The Balaban J connectivity index is 0.00000176. The molecule has 0 aromatic rings. The van der Waals surface area contributed by atoms with E-state index in [0.717, 1.165) is 31.8 Å².